The zero-order valence-corrected chi connectivity index (χ0v) is 12.9. The van der Waals surface area contributed by atoms with Crippen LogP contribution in [-0.4, -0.2) is 33.9 Å². The minimum atomic E-state index is -1.42. The molecule has 1 aromatic rings. The highest BCUT2D eigenvalue weighted by molar-refractivity contribution is 7.86. The molecule has 0 aliphatic carbocycles. The number of likely N-dealkylation sites (tertiary alicyclic amines) is 1. The van der Waals surface area contributed by atoms with Crippen LogP contribution in [0.25, 0.3) is 0 Å². The van der Waals surface area contributed by atoms with Gasteiger partial charge in [-0.3, -0.25) is 9.00 Å². The second kappa shape index (κ2) is 7.09. The third-order valence-corrected chi connectivity index (χ3v) is 5.04. The summed E-state index contributed by atoms with van der Waals surface area (Å²) in [5, 5.41) is 0.502. The van der Waals surface area contributed by atoms with Crippen molar-refractivity contribution in [1.29, 1.82) is 0 Å². The summed E-state index contributed by atoms with van der Waals surface area (Å²) in [5.41, 5.74) is 6.17. The molecule has 0 bridgehead atoms. The van der Waals surface area contributed by atoms with Crippen LogP contribution in [0.4, 0.5) is 5.69 Å². The van der Waals surface area contributed by atoms with E-state index in [-0.39, 0.29) is 11.7 Å². The lowest BCUT2D eigenvalue weighted by Crippen LogP contribution is -2.35. The minimum Gasteiger partial charge on any atom is -0.398 e. The second-order valence-corrected chi connectivity index (χ2v) is 6.82. The van der Waals surface area contributed by atoms with Crippen molar-refractivity contribution in [2.75, 3.05) is 24.6 Å². The van der Waals surface area contributed by atoms with Crippen LogP contribution in [0.5, 0.6) is 0 Å². The van der Waals surface area contributed by atoms with Crippen molar-refractivity contribution >= 4 is 34.0 Å². The normalized spacial score (nSPS) is 17.6. The molecule has 1 atom stereocenters. The Hall–Kier alpha value is -1.07. The van der Waals surface area contributed by atoms with Gasteiger partial charge in [0.15, 0.2) is 0 Å². The Balaban J connectivity index is 2.01. The Morgan fingerprint density at radius 2 is 1.90 bits per heavy atom. The summed E-state index contributed by atoms with van der Waals surface area (Å²) in [4.78, 5) is 14.5. The van der Waals surface area contributed by atoms with Crippen LogP contribution in [0, 0.1) is 0 Å². The molecule has 2 N–H and O–H groups in total. The van der Waals surface area contributed by atoms with Gasteiger partial charge in [0.2, 0.25) is 5.91 Å². The number of amides is 1. The quantitative estimate of drug-likeness (QED) is 0.872. The topological polar surface area (TPSA) is 63.4 Å². The number of halogens is 1. The van der Waals surface area contributed by atoms with Gasteiger partial charge in [0.1, 0.15) is 5.75 Å². The molecule has 2 rings (SSSR count). The van der Waals surface area contributed by atoms with Crippen LogP contribution in [0.2, 0.25) is 5.02 Å². The average molecular weight is 315 g/mol. The molecular weight excluding hydrogens is 296 g/mol. The predicted molar refractivity (Wildman–Crippen MR) is 82.2 cm³/mol. The molecule has 110 valence electrons. The van der Waals surface area contributed by atoms with Crippen LogP contribution in [-0.2, 0) is 15.6 Å². The number of nitrogens with two attached hydrogens (primary N) is 1. The molecule has 1 aromatic carbocycles. The third-order valence-electron chi connectivity index (χ3n) is 3.43. The Morgan fingerprint density at radius 3 is 2.50 bits per heavy atom. The van der Waals surface area contributed by atoms with Gasteiger partial charge in [-0.25, -0.2) is 0 Å². The first kappa shape index (κ1) is 15.3. The van der Waals surface area contributed by atoms with Gasteiger partial charge in [0.05, 0.1) is 15.7 Å². The van der Waals surface area contributed by atoms with Gasteiger partial charge >= 0.3 is 0 Å². The van der Waals surface area contributed by atoms with E-state index in [0.29, 0.717) is 15.6 Å². The summed E-state index contributed by atoms with van der Waals surface area (Å²) in [6, 6.07) is 4.83. The fourth-order valence-corrected chi connectivity index (χ4v) is 3.61. The number of carbonyl (C=O) groups excluding carboxylic acids is 1. The fraction of sp³-hybridized carbons (Fsp3) is 0.500. The van der Waals surface area contributed by atoms with Gasteiger partial charge < -0.3 is 10.6 Å². The average Bonchev–Trinajstić information content (AvgIpc) is 2.67. The van der Waals surface area contributed by atoms with Crippen molar-refractivity contribution in [2.24, 2.45) is 0 Å². The van der Waals surface area contributed by atoms with Gasteiger partial charge in [-0.05, 0) is 31.0 Å². The van der Waals surface area contributed by atoms with Crippen LogP contribution in [0.3, 0.4) is 0 Å². The van der Waals surface area contributed by atoms with Gasteiger partial charge in [-0.2, -0.15) is 0 Å². The van der Waals surface area contributed by atoms with Gasteiger partial charge in [-0.15, -0.1) is 0 Å². The maximum absolute atomic E-state index is 12.3. The van der Waals surface area contributed by atoms with Crippen molar-refractivity contribution in [3.8, 4) is 0 Å². The zero-order valence-electron chi connectivity index (χ0n) is 11.3. The molecule has 1 fully saturated rings. The van der Waals surface area contributed by atoms with Crippen molar-refractivity contribution in [1.82, 2.24) is 4.90 Å². The highest BCUT2D eigenvalue weighted by Crippen LogP contribution is 2.21. The lowest BCUT2D eigenvalue weighted by Gasteiger charge is -2.20. The van der Waals surface area contributed by atoms with E-state index in [9.17, 15) is 9.00 Å². The molecule has 0 spiro atoms. The first-order chi connectivity index (χ1) is 9.58. The first-order valence-corrected chi connectivity index (χ1v) is 8.49. The second-order valence-electron chi connectivity index (χ2n) is 4.97. The molecule has 1 saturated heterocycles. The first-order valence-electron chi connectivity index (χ1n) is 6.79. The fourth-order valence-electron chi connectivity index (χ4n) is 2.33. The standard InChI is InChI=1S/C14H19ClN2O2S/c15-11-5-6-13(12(16)9-11)20(19)10-14(18)17-7-3-1-2-4-8-17/h5-6,9H,1-4,7-8,10,16H2. The van der Waals surface area contributed by atoms with Crippen molar-refractivity contribution < 1.29 is 9.00 Å². The van der Waals surface area contributed by atoms with Gasteiger partial charge in [0, 0.05) is 23.8 Å². The van der Waals surface area contributed by atoms with Crippen LogP contribution < -0.4 is 5.73 Å². The maximum atomic E-state index is 12.3. The maximum Gasteiger partial charge on any atom is 0.235 e. The summed E-state index contributed by atoms with van der Waals surface area (Å²) in [5.74, 6) is -0.0640. The highest BCUT2D eigenvalue weighted by Gasteiger charge is 2.19. The van der Waals surface area contributed by atoms with Crippen molar-refractivity contribution in [3.05, 3.63) is 23.2 Å². The lowest BCUT2D eigenvalue weighted by atomic mass is 10.2. The third kappa shape index (κ3) is 3.96. The van der Waals surface area contributed by atoms with Gasteiger partial charge in [-0.1, -0.05) is 24.4 Å². The van der Waals surface area contributed by atoms with Crippen LogP contribution in [0.1, 0.15) is 25.7 Å². The number of anilines is 1. The molecule has 1 amide bonds. The van der Waals surface area contributed by atoms with E-state index in [1.807, 2.05) is 4.90 Å². The van der Waals surface area contributed by atoms with E-state index in [1.54, 1.807) is 18.2 Å². The van der Waals surface area contributed by atoms with E-state index in [4.69, 9.17) is 17.3 Å². The monoisotopic (exact) mass is 314 g/mol. The molecule has 0 radical (unpaired) electrons. The number of hydrogen-bond donors (Lipinski definition) is 1. The van der Waals surface area contributed by atoms with Crippen molar-refractivity contribution in [3.63, 3.8) is 0 Å². The lowest BCUT2D eigenvalue weighted by molar-refractivity contribution is -0.128. The molecule has 0 aromatic heterocycles. The van der Waals surface area contributed by atoms with Gasteiger partial charge in [0.25, 0.3) is 0 Å². The summed E-state index contributed by atoms with van der Waals surface area (Å²) < 4.78 is 12.3. The molecule has 6 heteroatoms. The molecule has 1 unspecified atom stereocenters. The van der Waals surface area contributed by atoms with E-state index < -0.39 is 10.8 Å². The Bertz CT molecular complexity index is 514. The molecule has 0 saturated carbocycles. The molecule has 1 heterocycles. The van der Waals surface area contributed by atoms with Crippen molar-refractivity contribution in [2.45, 2.75) is 30.6 Å². The predicted octanol–water partition coefficient (Wildman–Crippen LogP) is 2.43. The molecular formula is C14H19ClN2O2S. The number of hydrogen-bond acceptors (Lipinski definition) is 3. The summed E-state index contributed by atoms with van der Waals surface area (Å²) in [6.45, 7) is 1.54. The van der Waals surface area contributed by atoms with E-state index in [1.165, 1.54) is 0 Å². The highest BCUT2D eigenvalue weighted by atomic mass is 35.5. The smallest absolute Gasteiger partial charge is 0.235 e. The van der Waals surface area contributed by atoms with E-state index in [0.717, 1.165) is 38.8 Å². The summed E-state index contributed by atoms with van der Waals surface area (Å²) >= 11 is 5.81. The zero-order chi connectivity index (χ0) is 14.5. The number of nitrogen functional groups attached to an aromatic ring is 1. The molecule has 1 aliphatic heterocycles. The summed E-state index contributed by atoms with van der Waals surface area (Å²) in [6.07, 6.45) is 4.39. The molecule has 4 nitrogen and oxygen atoms in total. The van der Waals surface area contributed by atoms with Crippen LogP contribution in [0.15, 0.2) is 23.1 Å². The van der Waals surface area contributed by atoms with E-state index in [2.05, 4.69) is 0 Å². The number of rotatable bonds is 3. The Morgan fingerprint density at radius 1 is 1.25 bits per heavy atom. The largest absolute Gasteiger partial charge is 0.398 e. The minimum absolute atomic E-state index is 0.00810. The van der Waals surface area contributed by atoms with E-state index >= 15 is 0 Å². The Kier molecular flexibility index (Phi) is 5.43. The summed E-state index contributed by atoms with van der Waals surface area (Å²) in [7, 11) is -1.42. The Labute approximate surface area is 126 Å². The number of nitrogens with zero attached hydrogens (tertiary/aromatic N) is 1. The number of benzene rings is 1. The SMILES string of the molecule is Nc1cc(Cl)ccc1S(=O)CC(=O)N1CCCCCC1. The molecule has 1 aliphatic rings. The van der Waals surface area contributed by atoms with Crippen LogP contribution >= 0.6 is 11.6 Å². The number of carbonyl (C=O) groups is 1. The molecule has 20 heavy (non-hydrogen) atoms.